The minimum absolute atomic E-state index is 0.674. The molecule has 2 heterocycles. The second kappa shape index (κ2) is 4.93. The van der Waals surface area contributed by atoms with E-state index >= 15 is 0 Å². The van der Waals surface area contributed by atoms with Gasteiger partial charge in [0.2, 0.25) is 0 Å². The van der Waals surface area contributed by atoms with E-state index in [-0.39, 0.29) is 0 Å². The van der Waals surface area contributed by atoms with Gasteiger partial charge in [0.1, 0.15) is 5.54 Å². The molecule has 1 aliphatic rings. The molecule has 0 radical (unpaired) electrons. The lowest BCUT2D eigenvalue weighted by atomic mass is 9.98. The molecule has 0 amide bonds. The fourth-order valence-electron chi connectivity index (χ4n) is 2.99. The Bertz CT molecular complexity index is 490. The summed E-state index contributed by atoms with van der Waals surface area (Å²) >= 11 is 0. The molecule has 4 heteroatoms. The van der Waals surface area contributed by atoms with Crippen molar-refractivity contribution in [1.29, 1.82) is 0 Å². The van der Waals surface area contributed by atoms with Gasteiger partial charge < -0.3 is 5.11 Å². The quantitative estimate of drug-likeness (QED) is 0.909. The molecule has 1 aliphatic heterocycles. The van der Waals surface area contributed by atoms with Crippen molar-refractivity contribution in [2.24, 2.45) is 0 Å². The number of hydrogen-bond acceptors (Lipinski definition) is 3. The molecule has 2 rings (SSSR count). The van der Waals surface area contributed by atoms with Crippen molar-refractivity contribution in [3.05, 3.63) is 28.6 Å². The number of carbonyl (C=O) groups is 1. The molecule has 0 aliphatic carbocycles. The normalized spacial score (nSPS) is 23.8. The van der Waals surface area contributed by atoms with Crippen LogP contribution in [0.25, 0.3) is 0 Å². The molecular formula is C15H22N2O2. The second-order valence-electron chi connectivity index (χ2n) is 5.75. The van der Waals surface area contributed by atoms with E-state index < -0.39 is 11.5 Å². The first-order valence-electron chi connectivity index (χ1n) is 6.77. The number of hydrogen-bond donors (Lipinski definition) is 1. The summed E-state index contributed by atoms with van der Waals surface area (Å²) in [5.74, 6) is -0.722. The predicted octanol–water partition coefficient (Wildman–Crippen LogP) is 2.45. The highest BCUT2D eigenvalue weighted by atomic mass is 16.4. The van der Waals surface area contributed by atoms with Crippen molar-refractivity contribution < 1.29 is 9.90 Å². The Morgan fingerprint density at radius 2 is 2.16 bits per heavy atom. The maximum Gasteiger partial charge on any atom is 0.323 e. The average molecular weight is 262 g/mol. The van der Waals surface area contributed by atoms with Gasteiger partial charge in [-0.2, -0.15) is 0 Å². The molecule has 1 aromatic heterocycles. The maximum atomic E-state index is 11.5. The Balaban J connectivity index is 2.29. The lowest BCUT2D eigenvalue weighted by Gasteiger charge is -2.32. The van der Waals surface area contributed by atoms with Crippen molar-refractivity contribution >= 4 is 5.97 Å². The van der Waals surface area contributed by atoms with E-state index in [1.807, 2.05) is 20.8 Å². The number of carboxylic acids is 1. The summed E-state index contributed by atoms with van der Waals surface area (Å²) in [6.45, 7) is 9.41. The first-order chi connectivity index (χ1) is 8.84. The monoisotopic (exact) mass is 262 g/mol. The van der Waals surface area contributed by atoms with Crippen LogP contribution in [0.4, 0.5) is 0 Å². The Labute approximate surface area is 114 Å². The van der Waals surface area contributed by atoms with Crippen LogP contribution in [0.15, 0.2) is 6.07 Å². The smallest absolute Gasteiger partial charge is 0.323 e. The summed E-state index contributed by atoms with van der Waals surface area (Å²) in [5.41, 5.74) is 3.66. The highest BCUT2D eigenvalue weighted by molar-refractivity contribution is 5.78. The van der Waals surface area contributed by atoms with E-state index in [9.17, 15) is 9.90 Å². The van der Waals surface area contributed by atoms with Gasteiger partial charge in [-0.25, -0.2) is 0 Å². The van der Waals surface area contributed by atoms with Crippen LogP contribution in [0.2, 0.25) is 0 Å². The summed E-state index contributed by atoms with van der Waals surface area (Å²) in [7, 11) is 0. The van der Waals surface area contributed by atoms with Gasteiger partial charge in [-0.05, 0) is 64.3 Å². The minimum Gasteiger partial charge on any atom is -0.480 e. The van der Waals surface area contributed by atoms with Gasteiger partial charge in [0.15, 0.2) is 0 Å². The molecule has 0 saturated carbocycles. The summed E-state index contributed by atoms with van der Waals surface area (Å²) in [5, 5.41) is 9.45. The van der Waals surface area contributed by atoms with Gasteiger partial charge in [0.25, 0.3) is 0 Å². The zero-order valence-electron chi connectivity index (χ0n) is 12.2. The van der Waals surface area contributed by atoms with Crippen molar-refractivity contribution in [2.45, 2.75) is 52.6 Å². The second-order valence-corrected chi connectivity index (χ2v) is 5.75. The molecular weight excluding hydrogens is 240 g/mol. The molecule has 1 fully saturated rings. The van der Waals surface area contributed by atoms with Gasteiger partial charge in [0, 0.05) is 17.9 Å². The number of likely N-dealkylation sites (tertiary alicyclic amines) is 1. The number of aromatic nitrogens is 1. The molecule has 104 valence electrons. The highest BCUT2D eigenvalue weighted by Gasteiger charge is 2.43. The van der Waals surface area contributed by atoms with E-state index in [2.05, 4.69) is 22.9 Å². The van der Waals surface area contributed by atoms with Crippen LogP contribution in [0.3, 0.4) is 0 Å². The standard InChI is InChI=1S/C15H22N2O2/c1-10-8-11(2)16-12(3)13(10)9-17-7-5-6-15(17,4)14(18)19/h8H,5-7,9H2,1-4H3,(H,18,19). The number of aliphatic carboxylic acids is 1. The lowest BCUT2D eigenvalue weighted by Crippen LogP contribution is -2.47. The Morgan fingerprint density at radius 3 is 2.74 bits per heavy atom. The van der Waals surface area contributed by atoms with Crippen molar-refractivity contribution in [3.8, 4) is 0 Å². The zero-order chi connectivity index (χ0) is 14.2. The van der Waals surface area contributed by atoms with Gasteiger partial charge in [-0.15, -0.1) is 0 Å². The van der Waals surface area contributed by atoms with Crippen LogP contribution >= 0.6 is 0 Å². The van der Waals surface area contributed by atoms with Crippen molar-refractivity contribution in [2.75, 3.05) is 6.54 Å². The average Bonchev–Trinajstić information content (AvgIpc) is 2.66. The third-order valence-corrected chi connectivity index (χ3v) is 4.28. The van der Waals surface area contributed by atoms with Crippen LogP contribution in [0.5, 0.6) is 0 Å². The number of carboxylic acid groups (broad SMARTS) is 1. The van der Waals surface area contributed by atoms with E-state index in [1.54, 1.807) is 0 Å². The highest BCUT2D eigenvalue weighted by Crippen LogP contribution is 2.31. The first-order valence-corrected chi connectivity index (χ1v) is 6.77. The molecule has 0 spiro atoms. The first kappa shape index (κ1) is 14.0. The Morgan fingerprint density at radius 1 is 1.47 bits per heavy atom. The number of nitrogens with zero attached hydrogens (tertiary/aromatic N) is 2. The third-order valence-electron chi connectivity index (χ3n) is 4.28. The molecule has 1 atom stereocenters. The molecule has 1 N–H and O–H groups in total. The molecule has 0 aromatic carbocycles. The predicted molar refractivity (Wildman–Crippen MR) is 74.1 cm³/mol. The van der Waals surface area contributed by atoms with E-state index in [1.165, 1.54) is 11.1 Å². The fraction of sp³-hybridized carbons (Fsp3) is 0.600. The minimum atomic E-state index is -0.732. The molecule has 19 heavy (non-hydrogen) atoms. The van der Waals surface area contributed by atoms with Crippen LogP contribution in [0, 0.1) is 20.8 Å². The lowest BCUT2D eigenvalue weighted by molar-refractivity contribution is -0.148. The summed E-state index contributed by atoms with van der Waals surface area (Å²) in [4.78, 5) is 18.1. The molecule has 1 aromatic rings. The van der Waals surface area contributed by atoms with Gasteiger partial charge in [-0.3, -0.25) is 14.7 Å². The molecule has 1 unspecified atom stereocenters. The van der Waals surface area contributed by atoms with Crippen LogP contribution in [0.1, 0.15) is 42.3 Å². The Hall–Kier alpha value is -1.42. The topological polar surface area (TPSA) is 53.4 Å². The number of rotatable bonds is 3. The van der Waals surface area contributed by atoms with Gasteiger partial charge >= 0.3 is 5.97 Å². The van der Waals surface area contributed by atoms with Crippen molar-refractivity contribution in [1.82, 2.24) is 9.88 Å². The summed E-state index contributed by atoms with van der Waals surface area (Å²) in [6, 6.07) is 2.07. The van der Waals surface area contributed by atoms with Crippen LogP contribution < -0.4 is 0 Å². The SMILES string of the molecule is Cc1cc(C)c(CN2CCCC2(C)C(=O)O)c(C)n1. The number of aryl methyl sites for hydroxylation is 3. The van der Waals surface area contributed by atoms with Crippen LogP contribution in [-0.4, -0.2) is 33.0 Å². The van der Waals surface area contributed by atoms with E-state index in [0.29, 0.717) is 6.54 Å². The van der Waals surface area contributed by atoms with Gasteiger partial charge in [0.05, 0.1) is 0 Å². The number of pyridine rings is 1. The van der Waals surface area contributed by atoms with Crippen LogP contribution in [-0.2, 0) is 11.3 Å². The van der Waals surface area contributed by atoms with E-state index in [0.717, 1.165) is 30.8 Å². The third kappa shape index (κ3) is 2.50. The maximum absolute atomic E-state index is 11.5. The largest absolute Gasteiger partial charge is 0.480 e. The van der Waals surface area contributed by atoms with Gasteiger partial charge in [-0.1, -0.05) is 0 Å². The Kier molecular flexibility index (Phi) is 3.63. The zero-order valence-corrected chi connectivity index (χ0v) is 12.2. The van der Waals surface area contributed by atoms with E-state index in [4.69, 9.17) is 0 Å². The van der Waals surface area contributed by atoms with Crippen molar-refractivity contribution in [3.63, 3.8) is 0 Å². The fourth-order valence-corrected chi connectivity index (χ4v) is 2.99. The molecule has 0 bridgehead atoms. The molecule has 4 nitrogen and oxygen atoms in total. The molecule has 1 saturated heterocycles. The summed E-state index contributed by atoms with van der Waals surface area (Å²) in [6.07, 6.45) is 1.67. The summed E-state index contributed by atoms with van der Waals surface area (Å²) < 4.78 is 0.